The predicted octanol–water partition coefficient (Wildman–Crippen LogP) is 5.59. The molecule has 5 aromatic rings. The Morgan fingerprint density at radius 3 is 2.00 bits per heavy atom. The van der Waals surface area contributed by atoms with Crippen molar-refractivity contribution < 1.29 is 4.57 Å². The van der Waals surface area contributed by atoms with Crippen LogP contribution < -0.4 is 4.57 Å². The Hall–Kier alpha value is -3.65. The summed E-state index contributed by atoms with van der Waals surface area (Å²) in [6.45, 7) is 0. The summed E-state index contributed by atoms with van der Waals surface area (Å²) in [6, 6.07) is 36.0. The van der Waals surface area contributed by atoms with E-state index in [1.54, 1.807) is 0 Å². The Bertz CT molecular complexity index is 1250. The molecule has 0 bridgehead atoms. The first-order valence-electron chi connectivity index (χ1n) is 9.46. The van der Waals surface area contributed by atoms with E-state index in [1.165, 1.54) is 21.9 Å². The van der Waals surface area contributed by atoms with Crippen LogP contribution in [0.4, 0.5) is 0 Å². The van der Waals surface area contributed by atoms with Crippen molar-refractivity contribution in [3.63, 3.8) is 0 Å². The standard InChI is InChI=1S/C26H20N2/c1-27-19-28(24-18-10-16-20-11-8-9-17-23(20)24)26(22-14-6-3-7-15-22)25(27)21-12-4-2-5-13-21/h2-18H,1H3. The minimum Gasteiger partial charge on any atom is -0.318 e. The third-order valence-corrected chi connectivity index (χ3v) is 5.14. The smallest absolute Gasteiger partial charge is 0.244 e. The fraction of sp³-hybridized carbons (Fsp3) is 0.0385. The van der Waals surface area contributed by atoms with Crippen molar-refractivity contribution >= 4 is 10.8 Å². The Morgan fingerprint density at radius 2 is 1.25 bits per heavy atom. The molecule has 134 valence electrons. The highest BCUT2D eigenvalue weighted by Gasteiger charge is 2.18. The monoisotopic (exact) mass is 360 g/mol. The van der Waals surface area contributed by atoms with Crippen LogP contribution in [0.1, 0.15) is 0 Å². The number of hydrogen-bond acceptors (Lipinski definition) is 0. The molecule has 28 heavy (non-hydrogen) atoms. The SMILES string of the molecule is C[n+]1[c-]n(-c2cccc3ccccc23)c(-c2ccccc2)c1-c1ccccc1. The van der Waals surface area contributed by atoms with E-state index in [9.17, 15) is 0 Å². The summed E-state index contributed by atoms with van der Waals surface area (Å²) < 4.78 is 4.29. The predicted molar refractivity (Wildman–Crippen MR) is 114 cm³/mol. The topological polar surface area (TPSA) is 8.81 Å². The summed E-state index contributed by atoms with van der Waals surface area (Å²) in [7, 11) is 2.07. The number of hydrogen-bond donors (Lipinski definition) is 0. The molecule has 0 amide bonds. The van der Waals surface area contributed by atoms with Crippen molar-refractivity contribution in [2.75, 3.05) is 0 Å². The van der Waals surface area contributed by atoms with Crippen molar-refractivity contribution in [1.29, 1.82) is 0 Å². The average Bonchev–Trinajstić information content (AvgIpc) is 3.11. The van der Waals surface area contributed by atoms with Gasteiger partial charge in [-0.15, -0.1) is 0 Å². The highest BCUT2D eigenvalue weighted by atomic mass is 15.1. The van der Waals surface area contributed by atoms with Crippen molar-refractivity contribution in [2.45, 2.75) is 0 Å². The van der Waals surface area contributed by atoms with Gasteiger partial charge < -0.3 is 9.13 Å². The summed E-state index contributed by atoms with van der Waals surface area (Å²) in [5.41, 5.74) is 5.78. The number of aryl methyl sites for hydroxylation is 1. The van der Waals surface area contributed by atoms with Crippen LogP contribution in [0.3, 0.4) is 0 Å². The van der Waals surface area contributed by atoms with Crippen LogP contribution in [0, 0.1) is 6.33 Å². The second kappa shape index (κ2) is 6.82. The molecule has 0 N–H and O–H groups in total. The van der Waals surface area contributed by atoms with E-state index in [-0.39, 0.29) is 0 Å². The van der Waals surface area contributed by atoms with E-state index in [2.05, 4.69) is 126 Å². The fourth-order valence-electron chi connectivity index (χ4n) is 3.88. The third kappa shape index (κ3) is 2.71. The van der Waals surface area contributed by atoms with E-state index >= 15 is 0 Å². The van der Waals surface area contributed by atoms with Crippen LogP contribution in [-0.2, 0) is 7.05 Å². The lowest BCUT2D eigenvalue weighted by molar-refractivity contribution is -0.664. The van der Waals surface area contributed by atoms with Gasteiger partial charge in [-0.05, 0) is 21.9 Å². The van der Waals surface area contributed by atoms with E-state index in [4.69, 9.17) is 0 Å². The largest absolute Gasteiger partial charge is 0.318 e. The second-order valence-electron chi connectivity index (χ2n) is 6.92. The molecule has 0 aliphatic carbocycles. The summed E-state index contributed by atoms with van der Waals surface area (Å²) in [6.07, 6.45) is 3.55. The lowest BCUT2D eigenvalue weighted by Gasteiger charge is -2.14. The van der Waals surface area contributed by atoms with Crippen LogP contribution in [0.5, 0.6) is 0 Å². The molecule has 0 unspecified atom stereocenters. The van der Waals surface area contributed by atoms with Gasteiger partial charge in [-0.3, -0.25) is 0 Å². The Balaban J connectivity index is 1.87. The molecule has 5 rings (SSSR count). The normalized spacial score (nSPS) is 11.0. The highest BCUT2D eigenvalue weighted by molar-refractivity contribution is 5.91. The van der Waals surface area contributed by atoms with Gasteiger partial charge in [-0.1, -0.05) is 103 Å². The van der Waals surface area contributed by atoms with Gasteiger partial charge in [0.1, 0.15) is 0 Å². The number of nitrogens with zero attached hydrogens (tertiary/aromatic N) is 2. The summed E-state index contributed by atoms with van der Waals surface area (Å²) in [5.74, 6) is 0. The maximum Gasteiger partial charge on any atom is 0.244 e. The first-order valence-corrected chi connectivity index (χ1v) is 9.46. The van der Waals surface area contributed by atoms with E-state index < -0.39 is 0 Å². The number of fused-ring (bicyclic) bond motifs is 1. The molecule has 2 heteroatoms. The lowest BCUT2D eigenvalue weighted by Crippen LogP contribution is -2.28. The minimum atomic E-state index is 1.13. The summed E-state index contributed by atoms with van der Waals surface area (Å²) in [4.78, 5) is 0. The van der Waals surface area contributed by atoms with Crippen LogP contribution in [-0.4, -0.2) is 4.57 Å². The molecule has 0 saturated heterocycles. The molecular weight excluding hydrogens is 340 g/mol. The van der Waals surface area contributed by atoms with Crippen LogP contribution in [0.15, 0.2) is 103 Å². The van der Waals surface area contributed by atoms with Crippen molar-refractivity contribution in [1.82, 2.24) is 4.57 Å². The van der Waals surface area contributed by atoms with E-state index in [0.29, 0.717) is 0 Å². The zero-order valence-electron chi connectivity index (χ0n) is 15.7. The second-order valence-corrected chi connectivity index (χ2v) is 6.92. The molecule has 2 nitrogen and oxygen atoms in total. The number of aromatic nitrogens is 2. The minimum absolute atomic E-state index is 1.13. The molecule has 0 aliphatic heterocycles. The molecule has 0 saturated carbocycles. The fourth-order valence-corrected chi connectivity index (χ4v) is 3.88. The van der Waals surface area contributed by atoms with Crippen LogP contribution in [0.25, 0.3) is 39.0 Å². The first-order chi connectivity index (χ1) is 13.8. The van der Waals surface area contributed by atoms with Gasteiger partial charge in [0.05, 0.1) is 24.1 Å². The zero-order valence-corrected chi connectivity index (χ0v) is 15.7. The highest BCUT2D eigenvalue weighted by Crippen LogP contribution is 2.33. The molecule has 0 atom stereocenters. The quantitative estimate of drug-likeness (QED) is 0.293. The van der Waals surface area contributed by atoms with E-state index in [0.717, 1.165) is 17.1 Å². The van der Waals surface area contributed by atoms with Crippen molar-refractivity contribution in [3.8, 4) is 28.2 Å². The van der Waals surface area contributed by atoms with Gasteiger partial charge in [0.25, 0.3) is 0 Å². The maximum absolute atomic E-state index is 3.55. The van der Waals surface area contributed by atoms with Crippen LogP contribution >= 0.6 is 0 Å². The maximum atomic E-state index is 3.55. The summed E-state index contributed by atoms with van der Waals surface area (Å²) in [5, 5.41) is 2.44. The Labute approximate surface area is 164 Å². The van der Waals surface area contributed by atoms with Gasteiger partial charge in [0.2, 0.25) is 6.33 Å². The lowest BCUT2D eigenvalue weighted by atomic mass is 10.0. The zero-order chi connectivity index (χ0) is 18.9. The molecule has 0 fully saturated rings. The Kier molecular flexibility index (Phi) is 4.02. The molecule has 4 aromatic carbocycles. The summed E-state index contributed by atoms with van der Waals surface area (Å²) >= 11 is 0. The molecule has 1 heterocycles. The van der Waals surface area contributed by atoms with E-state index in [1.807, 2.05) is 0 Å². The third-order valence-electron chi connectivity index (χ3n) is 5.14. The molecule has 1 aromatic heterocycles. The molecular formula is C26H20N2. The van der Waals surface area contributed by atoms with Crippen molar-refractivity contribution in [2.24, 2.45) is 7.05 Å². The molecule has 0 radical (unpaired) electrons. The molecule has 0 spiro atoms. The van der Waals surface area contributed by atoms with Crippen molar-refractivity contribution in [3.05, 3.63) is 109 Å². The number of benzene rings is 4. The Morgan fingerprint density at radius 1 is 0.643 bits per heavy atom. The average molecular weight is 360 g/mol. The van der Waals surface area contributed by atoms with Gasteiger partial charge in [-0.2, -0.15) is 0 Å². The van der Waals surface area contributed by atoms with Crippen LogP contribution in [0.2, 0.25) is 0 Å². The number of rotatable bonds is 3. The van der Waals surface area contributed by atoms with Gasteiger partial charge in [0.15, 0.2) is 0 Å². The van der Waals surface area contributed by atoms with Gasteiger partial charge in [0, 0.05) is 0 Å². The van der Waals surface area contributed by atoms with Gasteiger partial charge in [-0.25, -0.2) is 0 Å². The number of imidazole rings is 1. The molecule has 0 aliphatic rings. The van der Waals surface area contributed by atoms with Gasteiger partial charge >= 0.3 is 0 Å². The first kappa shape index (κ1) is 16.5.